The van der Waals surface area contributed by atoms with Gasteiger partial charge in [-0.3, -0.25) is 14.4 Å². The number of allylic oxidation sites excluding steroid dienone is 4. The third-order valence-corrected chi connectivity index (χ3v) is 11.4. The summed E-state index contributed by atoms with van der Waals surface area (Å²) in [5.41, 5.74) is -7.20. The third-order valence-electron chi connectivity index (χ3n) is 10.7. The van der Waals surface area contributed by atoms with Crippen LogP contribution in [0.5, 0.6) is 0 Å². The molecule has 0 bridgehead atoms. The Labute approximate surface area is 208 Å². The molecule has 0 amide bonds. The molecule has 0 aliphatic heterocycles. The van der Waals surface area contributed by atoms with Crippen molar-refractivity contribution in [1.29, 1.82) is 0 Å². The van der Waals surface area contributed by atoms with Crippen LogP contribution < -0.4 is 0 Å². The molecule has 5 aliphatic rings. The average molecular weight is 511 g/mol. The third kappa shape index (κ3) is 2.84. The van der Waals surface area contributed by atoms with Crippen LogP contribution in [-0.4, -0.2) is 45.7 Å². The van der Waals surface area contributed by atoms with Crippen LogP contribution in [0, 0.1) is 39.4 Å². The molecule has 192 valence electrons. The average Bonchev–Trinajstić information content (AvgIpc) is 3.49. The fourth-order valence-electron chi connectivity index (χ4n) is 8.63. The SMILES string of the molecule is C[C@@H]1C[C@H]2[C@@H]3C[C@H](F)C4=CC(=O)C=C[C@]4(C)[C@@]3(F)[C@@H](O)C[C@]2(C)[C@]1(C(=O)SCF)C(=O)C1(C)CC1. The molecule has 1 N–H and O–H groups in total. The van der Waals surface area contributed by atoms with Gasteiger partial charge in [0.2, 0.25) is 5.12 Å². The lowest BCUT2D eigenvalue weighted by molar-refractivity contribution is -0.211. The van der Waals surface area contributed by atoms with Crippen molar-refractivity contribution in [2.45, 2.75) is 77.7 Å². The molecule has 0 aromatic carbocycles. The zero-order valence-corrected chi connectivity index (χ0v) is 21.4. The van der Waals surface area contributed by atoms with Crippen molar-refractivity contribution in [2.24, 2.45) is 39.4 Å². The van der Waals surface area contributed by atoms with Crippen LogP contribution in [0.25, 0.3) is 0 Å². The summed E-state index contributed by atoms with van der Waals surface area (Å²) in [5, 5.41) is 11.0. The molecule has 35 heavy (non-hydrogen) atoms. The predicted molar refractivity (Wildman–Crippen MR) is 127 cm³/mol. The van der Waals surface area contributed by atoms with Gasteiger partial charge in [0, 0.05) is 16.7 Å². The highest BCUT2D eigenvalue weighted by Gasteiger charge is 2.79. The molecule has 5 rings (SSSR count). The second kappa shape index (κ2) is 7.56. The van der Waals surface area contributed by atoms with Gasteiger partial charge in [-0.25, -0.2) is 13.2 Å². The highest BCUT2D eigenvalue weighted by Crippen LogP contribution is 2.75. The standard InChI is InChI=1S/C27H33F3O4S/c1-14-9-16-17-11-19(29)18-10-15(31)5-6-24(18,3)27(17,30)20(32)12-25(16,4)26(14,22(34)35-13-28)21(33)23(2)7-8-23/h5-6,10,14,16-17,19-20,32H,7-9,11-13H2,1-4H3/t14-,16+,17+,19+,20+,24+,25+,26+,27+/m1/s1. The summed E-state index contributed by atoms with van der Waals surface area (Å²) in [7, 11) is 0. The largest absolute Gasteiger partial charge is 0.390 e. The van der Waals surface area contributed by atoms with Crippen molar-refractivity contribution in [3.63, 3.8) is 0 Å². The molecule has 4 fully saturated rings. The van der Waals surface area contributed by atoms with E-state index >= 15 is 8.78 Å². The Hall–Kier alpha value is -1.41. The van der Waals surface area contributed by atoms with Crippen LogP contribution in [0.15, 0.2) is 23.8 Å². The second-order valence-electron chi connectivity index (χ2n) is 12.2. The van der Waals surface area contributed by atoms with Gasteiger partial charge in [0.1, 0.15) is 17.6 Å². The maximum atomic E-state index is 17.4. The van der Waals surface area contributed by atoms with Crippen LogP contribution in [-0.2, 0) is 14.4 Å². The summed E-state index contributed by atoms with van der Waals surface area (Å²) in [4.78, 5) is 39.8. The Morgan fingerprint density at radius 3 is 2.43 bits per heavy atom. The van der Waals surface area contributed by atoms with Crippen molar-refractivity contribution in [3.05, 3.63) is 23.8 Å². The van der Waals surface area contributed by atoms with E-state index in [4.69, 9.17) is 0 Å². The molecule has 9 atom stereocenters. The fourth-order valence-corrected chi connectivity index (χ4v) is 9.48. The summed E-state index contributed by atoms with van der Waals surface area (Å²) in [6.07, 6.45) is 1.72. The Kier molecular flexibility index (Phi) is 5.45. The topological polar surface area (TPSA) is 71.4 Å². The molecule has 0 aromatic rings. The minimum atomic E-state index is -2.28. The number of Topliss-reactive ketones (excluding diaryl/α,β-unsaturated/α-hetero) is 1. The number of aliphatic hydroxyl groups is 1. The van der Waals surface area contributed by atoms with E-state index in [1.54, 1.807) is 13.8 Å². The van der Waals surface area contributed by atoms with Gasteiger partial charge >= 0.3 is 0 Å². The van der Waals surface area contributed by atoms with E-state index in [0.717, 1.165) is 6.08 Å². The first kappa shape index (κ1) is 25.2. The number of hydrogen-bond donors (Lipinski definition) is 1. The lowest BCUT2D eigenvalue weighted by atomic mass is 9.42. The predicted octanol–water partition coefficient (Wildman–Crippen LogP) is 5.09. The molecule has 0 spiro atoms. The second-order valence-corrected chi connectivity index (χ2v) is 13.1. The minimum absolute atomic E-state index is 0.0364. The molecular formula is C27H33F3O4S. The monoisotopic (exact) mass is 510 g/mol. The first-order valence-electron chi connectivity index (χ1n) is 12.5. The molecule has 0 unspecified atom stereocenters. The quantitative estimate of drug-likeness (QED) is 0.534. The van der Waals surface area contributed by atoms with Gasteiger partial charge in [-0.1, -0.05) is 38.6 Å². The lowest BCUT2D eigenvalue weighted by Crippen LogP contribution is -2.70. The number of carbonyl (C=O) groups excluding carboxylic acids is 3. The molecule has 0 saturated heterocycles. The number of rotatable bonds is 4. The first-order chi connectivity index (χ1) is 16.2. The van der Waals surface area contributed by atoms with E-state index < -0.39 is 74.3 Å². The highest BCUT2D eigenvalue weighted by atomic mass is 32.2. The first-order valence-corrected chi connectivity index (χ1v) is 13.5. The van der Waals surface area contributed by atoms with Gasteiger partial charge in [0.05, 0.1) is 6.10 Å². The Balaban J connectivity index is 1.68. The van der Waals surface area contributed by atoms with E-state index in [2.05, 4.69) is 0 Å². The van der Waals surface area contributed by atoms with E-state index in [9.17, 15) is 23.9 Å². The Bertz CT molecular complexity index is 1070. The summed E-state index contributed by atoms with van der Waals surface area (Å²) in [6.45, 7) is 6.88. The molecule has 0 heterocycles. The molecule has 0 aromatic heterocycles. The van der Waals surface area contributed by atoms with Crippen molar-refractivity contribution in [2.75, 3.05) is 6.01 Å². The van der Waals surface area contributed by atoms with Crippen LogP contribution in [0.2, 0.25) is 0 Å². The molecule has 4 saturated carbocycles. The molecule has 5 aliphatic carbocycles. The van der Waals surface area contributed by atoms with Crippen molar-refractivity contribution >= 4 is 28.4 Å². The fraction of sp³-hybridized carbons (Fsp3) is 0.741. The number of thioether (sulfide) groups is 1. The number of fused-ring (bicyclic) bond motifs is 5. The van der Waals surface area contributed by atoms with Crippen LogP contribution in [0.4, 0.5) is 13.2 Å². The number of alkyl halides is 3. The van der Waals surface area contributed by atoms with E-state index in [-0.39, 0.29) is 24.2 Å². The molecule has 8 heteroatoms. The number of hydrogen-bond acceptors (Lipinski definition) is 5. The Morgan fingerprint density at radius 2 is 1.83 bits per heavy atom. The maximum Gasteiger partial charge on any atom is 0.205 e. The molecular weight excluding hydrogens is 477 g/mol. The van der Waals surface area contributed by atoms with Crippen LogP contribution in [0.3, 0.4) is 0 Å². The van der Waals surface area contributed by atoms with Gasteiger partial charge in [-0.2, -0.15) is 0 Å². The summed E-state index contributed by atoms with van der Waals surface area (Å²) in [5.74, 6) is -2.70. The van der Waals surface area contributed by atoms with E-state index in [0.29, 0.717) is 31.0 Å². The van der Waals surface area contributed by atoms with Crippen LogP contribution >= 0.6 is 11.8 Å². The van der Waals surface area contributed by atoms with Gasteiger partial charge in [-0.15, -0.1) is 0 Å². The van der Waals surface area contributed by atoms with Crippen molar-refractivity contribution in [1.82, 2.24) is 0 Å². The number of aliphatic hydroxyl groups excluding tert-OH is 1. The number of ketones is 2. The van der Waals surface area contributed by atoms with Crippen LogP contribution in [0.1, 0.15) is 59.8 Å². The number of carbonyl (C=O) groups is 3. The van der Waals surface area contributed by atoms with Gasteiger partial charge in [-0.05, 0) is 74.0 Å². The maximum absolute atomic E-state index is 17.4. The van der Waals surface area contributed by atoms with Crippen molar-refractivity contribution < 1.29 is 32.7 Å². The molecule has 0 radical (unpaired) electrons. The molecule has 4 nitrogen and oxygen atoms in total. The van der Waals surface area contributed by atoms with E-state index in [1.165, 1.54) is 19.1 Å². The van der Waals surface area contributed by atoms with Gasteiger partial charge in [0.15, 0.2) is 17.2 Å². The normalized spacial score (nSPS) is 49.5. The van der Waals surface area contributed by atoms with Crippen molar-refractivity contribution in [3.8, 4) is 0 Å². The van der Waals surface area contributed by atoms with E-state index in [1.807, 2.05) is 6.92 Å². The lowest BCUT2D eigenvalue weighted by Gasteiger charge is -2.63. The number of halogens is 3. The smallest absolute Gasteiger partial charge is 0.205 e. The zero-order chi connectivity index (χ0) is 25.8. The minimum Gasteiger partial charge on any atom is -0.390 e. The van der Waals surface area contributed by atoms with Gasteiger partial charge < -0.3 is 5.11 Å². The zero-order valence-electron chi connectivity index (χ0n) is 20.6. The van der Waals surface area contributed by atoms with Gasteiger partial charge in [0.25, 0.3) is 0 Å². The summed E-state index contributed by atoms with van der Waals surface area (Å²) >= 11 is 0.472. The highest BCUT2D eigenvalue weighted by molar-refractivity contribution is 8.13. The summed E-state index contributed by atoms with van der Waals surface area (Å²) < 4.78 is 46.5. The Morgan fingerprint density at radius 1 is 1.17 bits per heavy atom. The summed E-state index contributed by atoms with van der Waals surface area (Å²) in [6, 6.07) is -0.978.